The first-order valence-electron chi connectivity index (χ1n) is 30.4. The van der Waals surface area contributed by atoms with Crippen molar-refractivity contribution >= 4 is 66.6 Å². The van der Waals surface area contributed by atoms with Gasteiger partial charge in [0.05, 0.1) is 21.7 Å². The second-order valence-corrected chi connectivity index (χ2v) is 26.0. The molecule has 4 aromatic heterocycles. The first kappa shape index (κ1) is 49.9. The van der Waals surface area contributed by atoms with Gasteiger partial charge < -0.3 is 8.83 Å². The van der Waals surface area contributed by atoms with Crippen LogP contribution in [0.3, 0.4) is 0 Å². The van der Waals surface area contributed by atoms with Crippen LogP contribution in [0.4, 0.5) is 0 Å². The molecule has 412 valence electrons. The molecule has 2 nitrogen and oxygen atoms in total. The molecule has 2 spiro atoms. The molecule has 4 heteroatoms. The third-order valence-electron chi connectivity index (χ3n) is 20.1. The zero-order chi connectivity index (χ0) is 57.8. The van der Waals surface area contributed by atoms with E-state index in [1.54, 1.807) is 0 Å². The highest BCUT2D eigenvalue weighted by Gasteiger charge is 2.64. The van der Waals surface area contributed by atoms with Crippen molar-refractivity contribution in [1.82, 2.24) is 0 Å². The molecule has 0 radical (unpaired) electrons. The fourth-order valence-electron chi connectivity index (χ4n) is 16.8. The number of rotatable bonds is 6. The van der Waals surface area contributed by atoms with Gasteiger partial charge in [-0.25, -0.2) is 0 Å². The summed E-state index contributed by atoms with van der Waals surface area (Å²) < 4.78 is 14.2. The molecule has 0 aliphatic heterocycles. The van der Waals surface area contributed by atoms with Crippen LogP contribution in [0.15, 0.2) is 324 Å². The minimum atomic E-state index is -0.880. The predicted octanol–water partition coefficient (Wildman–Crippen LogP) is 21.4. The minimum absolute atomic E-state index is 0.704. The predicted molar refractivity (Wildman–Crippen MR) is 362 cm³/mol. The number of thiophene rings is 2. The van der Waals surface area contributed by atoms with Gasteiger partial charge >= 0.3 is 0 Å². The van der Waals surface area contributed by atoms with Crippen molar-refractivity contribution in [1.29, 1.82) is 0 Å². The normalized spacial score (nSPS) is 15.2. The number of hydrogen-bond donors (Lipinski definition) is 0. The van der Waals surface area contributed by atoms with E-state index >= 15 is 0 Å². The summed E-state index contributed by atoms with van der Waals surface area (Å²) in [5, 5.41) is 4.45. The highest BCUT2D eigenvalue weighted by atomic mass is 32.1. The summed E-state index contributed by atoms with van der Waals surface area (Å²) in [6.45, 7) is 0. The molecule has 0 atom stereocenters. The summed E-state index contributed by atoms with van der Waals surface area (Å²) in [6.07, 6.45) is 0. The maximum absolute atomic E-state index is 7.09. The summed E-state index contributed by atoms with van der Waals surface area (Å²) in [7, 11) is 0. The Balaban J connectivity index is 1.03. The molecule has 0 bridgehead atoms. The fraction of sp³-hybridized carbons (Fsp3) is 0.0476. The van der Waals surface area contributed by atoms with E-state index in [-0.39, 0.29) is 0 Å². The number of para-hydroxylation sites is 4. The lowest BCUT2D eigenvalue weighted by Gasteiger charge is -2.56. The SMILES string of the molecule is c1ccc(C2(c3ccccc3)c3ccccc3C3(c4ccccc42)c2cc(-c4cccc5c4oc4ccccc45)sc2C2(c4ccccc4C(c4ccccc4)(c4ccccc4)c4ccccc42)c2cc(-c4cccc5c4oc4ccccc45)sc23)cc1. The quantitative estimate of drug-likeness (QED) is 0.166. The molecule has 19 rings (SSSR count). The van der Waals surface area contributed by atoms with E-state index < -0.39 is 21.7 Å². The Hall–Kier alpha value is -10.4. The van der Waals surface area contributed by atoms with Gasteiger partial charge in [-0.15, -0.1) is 22.7 Å². The summed E-state index contributed by atoms with van der Waals surface area (Å²) in [5.74, 6) is 0. The van der Waals surface area contributed by atoms with Crippen molar-refractivity contribution in [2.75, 3.05) is 0 Å². The lowest BCUT2D eigenvalue weighted by molar-refractivity contribution is 0.560. The maximum atomic E-state index is 7.09. The molecule has 16 aromatic rings. The molecule has 0 amide bonds. The van der Waals surface area contributed by atoms with E-state index in [0.29, 0.717) is 0 Å². The van der Waals surface area contributed by atoms with Crippen LogP contribution in [-0.2, 0) is 21.7 Å². The van der Waals surface area contributed by atoms with Gasteiger partial charge in [-0.2, -0.15) is 0 Å². The highest BCUT2D eigenvalue weighted by molar-refractivity contribution is 7.17. The molecule has 0 unspecified atom stereocenters. The Morgan fingerprint density at radius 2 is 0.477 bits per heavy atom. The molecular formula is C84H52O2S2. The van der Waals surface area contributed by atoms with Gasteiger partial charge in [0.1, 0.15) is 22.3 Å². The van der Waals surface area contributed by atoms with Crippen molar-refractivity contribution in [2.24, 2.45) is 0 Å². The average Bonchev–Trinajstić information content (AvgIpc) is 1.18. The monoisotopic (exact) mass is 1160 g/mol. The van der Waals surface area contributed by atoms with Gasteiger partial charge in [-0.3, -0.25) is 0 Å². The van der Waals surface area contributed by atoms with Gasteiger partial charge in [0.15, 0.2) is 0 Å². The lowest BCUT2D eigenvalue weighted by Crippen LogP contribution is -2.52. The average molecular weight is 1160 g/mol. The lowest BCUT2D eigenvalue weighted by atomic mass is 9.45. The molecule has 0 N–H and O–H groups in total. The van der Waals surface area contributed by atoms with Crippen molar-refractivity contribution in [3.63, 3.8) is 0 Å². The largest absolute Gasteiger partial charge is 0.455 e. The Kier molecular flexibility index (Phi) is 10.5. The van der Waals surface area contributed by atoms with E-state index in [2.05, 4.69) is 315 Å². The minimum Gasteiger partial charge on any atom is -0.455 e. The van der Waals surface area contributed by atoms with Crippen LogP contribution in [-0.4, -0.2) is 0 Å². The third-order valence-corrected chi connectivity index (χ3v) is 22.6. The van der Waals surface area contributed by atoms with Gasteiger partial charge in [-0.05, 0) is 114 Å². The van der Waals surface area contributed by atoms with Crippen molar-refractivity contribution in [3.05, 3.63) is 403 Å². The molecule has 0 saturated carbocycles. The molecule has 3 aliphatic rings. The molecule has 12 aromatic carbocycles. The number of benzene rings is 12. The van der Waals surface area contributed by atoms with E-state index in [1.165, 1.54) is 87.6 Å². The topological polar surface area (TPSA) is 26.3 Å². The first-order valence-corrected chi connectivity index (χ1v) is 32.0. The first-order chi connectivity index (χ1) is 43.6. The highest BCUT2D eigenvalue weighted by Crippen LogP contribution is 2.72. The number of hydrogen-bond acceptors (Lipinski definition) is 4. The second-order valence-electron chi connectivity index (χ2n) is 23.9. The van der Waals surface area contributed by atoms with Crippen LogP contribution in [0.2, 0.25) is 0 Å². The zero-order valence-electron chi connectivity index (χ0n) is 47.7. The van der Waals surface area contributed by atoms with Gasteiger partial charge in [0.2, 0.25) is 0 Å². The fourth-order valence-corrected chi connectivity index (χ4v) is 19.8. The van der Waals surface area contributed by atoms with Gasteiger partial charge in [-0.1, -0.05) is 279 Å². The van der Waals surface area contributed by atoms with E-state index in [0.717, 1.165) is 64.8 Å². The van der Waals surface area contributed by atoms with Crippen LogP contribution >= 0.6 is 22.7 Å². The van der Waals surface area contributed by atoms with E-state index in [9.17, 15) is 0 Å². The van der Waals surface area contributed by atoms with E-state index in [1.807, 2.05) is 22.7 Å². The Bertz CT molecular complexity index is 4900. The molecular weight excluding hydrogens is 1110 g/mol. The summed E-state index contributed by atoms with van der Waals surface area (Å²) in [6, 6.07) is 119. The Labute approximate surface area is 517 Å². The van der Waals surface area contributed by atoms with Crippen LogP contribution in [0.5, 0.6) is 0 Å². The third kappa shape index (κ3) is 6.25. The standard InChI is InChI=1S/C84H52O2S2/c1-5-27-53(28-6-1)81(54-29-7-2-8-30-54)63-41-15-19-45-67(63)83(68-46-20-16-42-64(68)81)71-51-75(61-39-25-37-59-57-35-13-23-49-73(57)85-77(59)61)88-80(71)84(72-52-76(87-79(72)83)62-40-26-38-60-58-36-14-24-50-74(58)86-78(60)62)69-47-21-17-43-65(69)82(55-31-9-3-10-32-55,56-33-11-4-12-34-56)66-44-18-22-48-70(66)84/h1-52H. The van der Waals surface area contributed by atoms with Crippen LogP contribution in [0.1, 0.15) is 87.6 Å². The zero-order valence-corrected chi connectivity index (χ0v) is 49.3. The molecule has 3 aliphatic carbocycles. The smallest absolute Gasteiger partial charge is 0.144 e. The number of fused-ring (bicyclic) bond motifs is 20. The maximum Gasteiger partial charge on any atom is 0.144 e. The van der Waals surface area contributed by atoms with Gasteiger partial charge in [0.25, 0.3) is 0 Å². The van der Waals surface area contributed by atoms with Crippen LogP contribution in [0.25, 0.3) is 64.8 Å². The Morgan fingerprint density at radius 3 is 0.795 bits per heavy atom. The summed E-state index contributed by atoms with van der Waals surface area (Å²) >= 11 is 3.89. The molecule has 88 heavy (non-hydrogen) atoms. The Morgan fingerprint density at radius 1 is 0.216 bits per heavy atom. The van der Waals surface area contributed by atoms with Gasteiger partial charge in [0, 0.05) is 52.2 Å². The second kappa shape index (κ2) is 18.6. The number of furan rings is 2. The van der Waals surface area contributed by atoms with Crippen LogP contribution in [0, 0.1) is 0 Å². The summed E-state index contributed by atoms with van der Waals surface area (Å²) in [5.41, 5.74) is 20.1. The molecule has 4 heterocycles. The van der Waals surface area contributed by atoms with Crippen LogP contribution < -0.4 is 0 Å². The van der Waals surface area contributed by atoms with E-state index in [4.69, 9.17) is 8.83 Å². The summed E-state index contributed by atoms with van der Waals surface area (Å²) in [4.78, 5) is 4.90. The van der Waals surface area contributed by atoms with Crippen molar-refractivity contribution < 1.29 is 8.83 Å². The molecule has 0 saturated heterocycles. The van der Waals surface area contributed by atoms with Crippen molar-refractivity contribution in [2.45, 2.75) is 21.7 Å². The molecule has 0 fully saturated rings. The van der Waals surface area contributed by atoms with Crippen molar-refractivity contribution in [3.8, 4) is 20.9 Å².